The normalized spacial score (nSPS) is 12.4. The third kappa shape index (κ3) is 4.56. The lowest BCUT2D eigenvalue weighted by atomic mass is 9.97. The highest BCUT2D eigenvalue weighted by molar-refractivity contribution is 7.99. The summed E-state index contributed by atoms with van der Waals surface area (Å²) in [5, 5.41) is 10.4. The van der Waals surface area contributed by atoms with Gasteiger partial charge in [-0.05, 0) is 30.5 Å². The lowest BCUT2D eigenvalue weighted by Gasteiger charge is -2.22. The van der Waals surface area contributed by atoms with Gasteiger partial charge in [-0.3, -0.25) is 14.9 Å². The van der Waals surface area contributed by atoms with Crippen molar-refractivity contribution in [2.75, 3.05) is 5.75 Å². The molecule has 0 aliphatic heterocycles. The molecule has 0 fully saturated rings. The van der Waals surface area contributed by atoms with E-state index >= 15 is 0 Å². The second kappa shape index (κ2) is 7.21. The molecule has 2 aromatic rings. The molecule has 0 aromatic carbocycles. The van der Waals surface area contributed by atoms with Crippen molar-refractivity contribution >= 4 is 17.7 Å². The Hall–Kier alpha value is -1.89. The molecule has 0 aliphatic rings. The quantitative estimate of drug-likeness (QED) is 0.799. The molecular formula is C14H19N5OS. The van der Waals surface area contributed by atoms with E-state index in [1.807, 2.05) is 19.1 Å². The van der Waals surface area contributed by atoms with Crippen LogP contribution in [0, 0.1) is 12.8 Å². The number of carbonyl (C=O) groups excluding carboxylic acids is 1. The van der Waals surface area contributed by atoms with Gasteiger partial charge >= 0.3 is 0 Å². The summed E-state index contributed by atoms with van der Waals surface area (Å²) in [5.74, 6) is 1.31. The summed E-state index contributed by atoms with van der Waals surface area (Å²) in [6.45, 7) is 5.99. The van der Waals surface area contributed by atoms with E-state index in [0.29, 0.717) is 16.8 Å². The molecule has 6 nitrogen and oxygen atoms in total. The van der Waals surface area contributed by atoms with Crippen LogP contribution in [0.2, 0.25) is 0 Å². The number of aromatic amines is 1. The second-order valence-corrected chi connectivity index (χ2v) is 6.00. The zero-order chi connectivity index (χ0) is 15.2. The Labute approximate surface area is 128 Å². The number of hydrogen-bond donors (Lipinski definition) is 2. The van der Waals surface area contributed by atoms with Gasteiger partial charge in [0.05, 0.1) is 11.8 Å². The zero-order valence-electron chi connectivity index (χ0n) is 12.3. The van der Waals surface area contributed by atoms with Gasteiger partial charge in [0.25, 0.3) is 0 Å². The monoisotopic (exact) mass is 305 g/mol. The molecule has 1 unspecified atom stereocenters. The zero-order valence-corrected chi connectivity index (χ0v) is 13.1. The Bertz CT molecular complexity index is 584. The number of nitrogens with zero attached hydrogens (tertiary/aromatic N) is 3. The van der Waals surface area contributed by atoms with Crippen molar-refractivity contribution in [1.29, 1.82) is 0 Å². The average Bonchev–Trinajstić information content (AvgIpc) is 2.89. The van der Waals surface area contributed by atoms with Gasteiger partial charge in [-0.1, -0.05) is 25.6 Å². The van der Waals surface area contributed by atoms with Gasteiger partial charge in [0.2, 0.25) is 11.1 Å². The SMILES string of the molecule is Cc1nc(SCC(=O)NC(c2ccncc2)C(C)C)n[nH]1. The fourth-order valence-electron chi connectivity index (χ4n) is 1.94. The number of nitrogens with one attached hydrogen (secondary N) is 2. The number of thioether (sulfide) groups is 1. The first kappa shape index (κ1) is 15.5. The molecule has 1 atom stereocenters. The summed E-state index contributed by atoms with van der Waals surface area (Å²) in [6.07, 6.45) is 3.48. The third-order valence-electron chi connectivity index (χ3n) is 2.96. The van der Waals surface area contributed by atoms with Crippen LogP contribution in [0.5, 0.6) is 0 Å². The summed E-state index contributed by atoms with van der Waals surface area (Å²) in [7, 11) is 0. The number of rotatable bonds is 6. The average molecular weight is 305 g/mol. The fourth-order valence-corrected chi connectivity index (χ4v) is 2.59. The van der Waals surface area contributed by atoms with Gasteiger partial charge < -0.3 is 5.32 Å². The predicted molar refractivity (Wildman–Crippen MR) is 81.8 cm³/mol. The first-order valence-electron chi connectivity index (χ1n) is 6.77. The predicted octanol–water partition coefficient (Wildman–Crippen LogP) is 2.11. The van der Waals surface area contributed by atoms with Crippen molar-refractivity contribution in [2.24, 2.45) is 5.92 Å². The maximum absolute atomic E-state index is 12.1. The van der Waals surface area contributed by atoms with Crippen LogP contribution >= 0.6 is 11.8 Å². The third-order valence-corrected chi connectivity index (χ3v) is 3.80. The Morgan fingerprint density at radius 3 is 2.67 bits per heavy atom. The molecular weight excluding hydrogens is 286 g/mol. The van der Waals surface area contributed by atoms with Crippen LogP contribution in [0.3, 0.4) is 0 Å². The number of aryl methyl sites for hydroxylation is 1. The molecule has 2 N–H and O–H groups in total. The topological polar surface area (TPSA) is 83.6 Å². The molecule has 0 saturated carbocycles. The summed E-state index contributed by atoms with van der Waals surface area (Å²) in [6, 6.07) is 3.84. The molecule has 0 radical (unpaired) electrons. The molecule has 112 valence electrons. The summed E-state index contributed by atoms with van der Waals surface area (Å²) in [4.78, 5) is 20.3. The number of carbonyl (C=O) groups is 1. The van der Waals surface area contributed by atoms with Crippen LogP contribution in [0.25, 0.3) is 0 Å². The first-order valence-corrected chi connectivity index (χ1v) is 7.76. The van der Waals surface area contributed by atoms with Crippen molar-refractivity contribution in [1.82, 2.24) is 25.5 Å². The molecule has 0 spiro atoms. The minimum atomic E-state index is -0.0297. The second-order valence-electron chi connectivity index (χ2n) is 5.06. The van der Waals surface area contributed by atoms with Crippen molar-refractivity contribution in [3.63, 3.8) is 0 Å². The minimum absolute atomic E-state index is 0.0185. The number of aromatic nitrogens is 4. The minimum Gasteiger partial charge on any atom is -0.348 e. The van der Waals surface area contributed by atoms with Crippen molar-refractivity contribution in [3.05, 3.63) is 35.9 Å². The lowest BCUT2D eigenvalue weighted by molar-refractivity contribution is -0.119. The molecule has 2 heterocycles. The van der Waals surface area contributed by atoms with Gasteiger partial charge in [0.15, 0.2) is 0 Å². The highest BCUT2D eigenvalue weighted by Crippen LogP contribution is 2.21. The molecule has 1 amide bonds. The number of pyridine rings is 1. The van der Waals surface area contributed by atoms with E-state index in [-0.39, 0.29) is 11.9 Å². The molecule has 2 rings (SSSR count). The molecule has 0 aliphatic carbocycles. The van der Waals surface area contributed by atoms with Crippen LogP contribution in [0.4, 0.5) is 0 Å². The van der Waals surface area contributed by atoms with Gasteiger partial charge in [0, 0.05) is 12.4 Å². The van der Waals surface area contributed by atoms with Crippen LogP contribution in [0.1, 0.15) is 31.3 Å². The van der Waals surface area contributed by atoms with Crippen molar-refractivity contribution in [2.45, 2.75) is 32.0 Å². The van der Waals surface area contributed by atoms with Gasteiger partial charge in [-0.2, -0.15) is 0 Å². The largest absolute Gasteiger partial charge is 0.348 e. The Kier molecular flexibility index (Phi) is 5.32. The van der Waals surface area contributed by atoms with Crippen molar-refractivity contribution in [3.8, 4) is 0 Å². The van der Waals surface area contributed by atoms with E-state index in [1.165, 1.54) is 11.8 Å². The first-order chi connectivity index (χ1) is 10.1. The Balaban J connectivity index is 1.93. The summed E-state index contributed by atoms with van der Waals surface area (Å²) >= 11 is 1.32. The van der Waals surface area contributed by atoms with Crippen molar-refractivity contribution < 1.29 is 4.79 Å². The molecule has 0 saturated heterocycles. The standard InChI is InChI=1S/C14H19N5OS/c1-9(2)13(11-4-6-15-7-5-11)17-12(20)8-21-14-16-10(3)18-19-14/h4-7,9,13H,8H2,1-3H3,(H,17,20)(H,16,18,19). The highest BCUT2D eigenvalue weighted by Gasteiger charge is 2.18. The van der Waals surface area contributed by atoms with Crippen LogP contribution in [-0.2, 0) is 4.79 Å². The number of H-pyrrole nitrogens is 1. The maximum Gasteiger partial charge on any atom is 0.230 e. The van der Waals surface area contributed by atoms with Crippen LogP contribution < -0.4 is 5.32 Å². The number of amides is 1. The summed E-state index contributed by atoms with van der Waals surface area (Å²) < 4.78 is 0. The number of hydrogen-bond acceptors (Lipinski definition) is 5. The Morgan fingerprint density at radius 1 is 1.38 bits per heavy atom. The summed E-state index contributed by atoms with van der Waals surface area (Å²) in [5.41, 5.74) is 1.06. The maximum atomic E-state index is 12.1. The van der Waals surface area contributed by atoms with Crippen LogP contribution in [0.15, 0.2) is 29.7 Å². The Morgan fingerprint density at radius 2 is 2.10 bits per heavy atom. The van der Waals surface area contributed by atoms with Gasteiger partial charge in [0.1, 0.15) is 5.82 Å². The molecule has 2 aromatic heterocycles. The van der Waals surface area contributed by atoms with Gasteiger partial charge in [-0.15, -0.1) is 5.10 Å². The molecule has 0 bridgehead atoms. The van der Waals surface area contributed by atoms with E-state index < -0.39 is 0 Å². The van der Waals surface area contributed by atoms with E-state index in [9.17, 15) is 4.79 Å². The van der Waals surface area contributed by atoms with E-state index in [2.05, 4.69) is 39.3 Å². The van der Waals surface area contributed by atoms with Crippen LogP contribution in [-0.4, -0.2) is 31.8 Å². The van der Waals surface area contributed by atoms with E-state index in [1.54, 1.807) is 12.4 Å². The smallest absolute Gasteiger partial charge is 0.230 e. The lowest BCUT2D eigenvalue weighted by Crippen LogP contribution is -2.33. The molecule has 7 heteroatoms. The molecule has 21 heavy (non-hydrogen) atoms. The highest BCUT2D eigenvalue weighted by atomic mass is 32.2. The van der Waals surface area contributed by atoms with E-state index in [0.717, 1.165) is 11.4 Å². The fraction of sp³-hybridized carbons (Fsp3) is 0.429. The van der Waals surface area contributed by atoms with Gasteiger partial charge in [-0.25, -0.2) is 4.98 Å². The van der Waals surface area contributed by atoms with E-state index in [4.69, 9.17) is 0 Å².